The summed E-state index contributed by atoms with van der Waals surface area (Å²) < 4.78 is 0. The molecule has 13 nitrogen and oxygen atoms in total. The third kappa shape index (κ3) is 9.06. The normalized spacial score (nSPS) is 17.3. The highest BCUT2D eigenvalue weighted by Gasteiger charge is 2.38. The Balaban J connectivity index is 2.95. The molecule has 1 heterocycles. The van der Waals surface area contributed by atoms with Crippen molar-refractivity contribution in [2.45, 2.75) is 63.1 Å². The van der Waals surface area contributed by atoms with E-state index in [0.717, 1.165) is 0 Å². The smallest absolute Gasteiger partial charge is 0.326 e. The summed E-state index contributed by atoms with van der Waals surface area (Å²) in [5, 5.41) is 14.6. The summed E-state index contributed by atoms with van der Waals surface area (Å²) in [5.41, 5.74) is 21.5. The van der Waals surface area contributed by atoms with Crippen molar-refractivity contribution in [1.29, 1.82) is 0 Å². The number of aliphatic imine (C=N–C) groups is 1. The van der Waals surface area contributed by atoms with Gasteiger partial charge >= 0.3 is 5.97 Å². The van der Waals surface area contributed by atoms with Crippen LogP contribution >= 0.6 is 0 Å². The minimum absolute atomic E-state index is 0.0909. The highest BCUT2D eigenvalue weighted by Crippen LogP contribution is 2.20. The van der Waals surface area contributed by atoms with Gasteiger partial charge in [0.05, 0.1) is 6.54 Å². The highest BCUT2D eigenvalue weighted by atomic mass is 16.4. The number of nitrogens with one attached hydrogen (secondary N) is 2. The molecule has 0 bridgehead atoms. The fourth-order valence-corrected chi connectivity index (χ4v) is 3.54. The van der Waals surface area contributed by atoms with Gasteiger partial charge < -0.3 is 43.6 Å². The van der Waals surface area contributed by atoms with Crippen LogP contribution in [0.4, 0.5) is 0 Å². The largest absolute Gasteiger partial charge is 0.480 e. The molecule has 0 aromatic carbocycles. The third-order valence-corrected chi connectivity index (χ3v) is 5.16. The van der Waals surface area contributed by atoms with Crippen LogP contribution in [-0.4, -0.2) is 84.0 Å². The molecule has 0 spiro atoms. The van der Waals surface area contributed by atoms with E-state index in [9.17, 15) is 24.3 Å². The quantitative estimate of drug-likeness (QED) is 0.0809. The lowest BCUT2D eigenvalue weighted by Gasteiger charge is -2.28. The number of unbranched alkanes of at least 4 members (excludes halogenated alkanes) is 1. The number of likely N-dealkylation sites (tertiary alicyclic amines) is 1. The van der Waals surface area contributed by atoms with Gasteiger partial charge in [-0.15, -0.1) is 0 Å². The molecular weight excluding hydrogens is 420 g/mol. The zero-order valence-corrected chi connectivity index (χ0v) is 18.3. The molecule has 182 valence electrons. The number of carbonyl (C=O) groups excluding carboxylic acids is 3. The second-order valence-corrected chi connectivity index (χ2v) is 7.65. The molecule has 1 rings (SSSR count). The molecule has 1 saturated heterocycles. The maximum Gasteiger partial charge on any atom is 0.326 e. The Hall–Kier alpha value is -2.93. The van der Waals surface area contributed by atoms with E-state index in [1.807, 2.05) is 0 Å². The van der Waals surface area contributed by atoms with Crippen LogP contribution in [0.15, 0.2) is 4.99 Å². The van der Waals surface area contributed by atoms with Crippen molar-refractivity contribution in [3.8, 4) is 0 Å². The Morgan fingerprint density at radius 1 is 1.03 bits per heavy atom. The summed E-state index contributed by atoms with van der Waals surface area (Å²) >= 11 is 0. The van der Waals surface area contributed by atoms with Crippen LogP contribution in [0.25, 0.3) is 0 Å². The molecule has 1 aliphatic rings. The maximum absolute atomic E-state index is 13.1. The molecular formula is C19H36N8O5. The van der Waals surface area contributed by atoms with Crippen LogP contribution in [-0.2, 0) is 19.2 Å². The van der Waals surface area contributed by atoms with E-state index in [1.54, 1.807) is 0 Å². The monoisotopic (exact) mass is 456 g/mol. The molecule has 0 aromatic heterocycles. The summed E-state index contributed by atoms with van der Waals surface area (Å²) in [6, 6.07) is -2.81. The number of nitrogens with two attached hydrogens (primary N) is 4. The number of guanidine groups is 1. The molecule has 0 aromatic rings. The van der Waals surface area contributed by atoms with E-state index in [0.29, 0.717) is 51.6 Å². The van der Waals surface area contributed by atoms with Gasteiger partial charge in [0.2, 0.25) is 17.7 Å². The fraction of sp³-hybridized carbons (Fsp3) is 0.737. The average Bonchev–Trinajstić information content (AvgIpc) is 3.24. The van der Waals surface area contributed by atoms with Crippen LogP contribution in [0.1, 0.15) is 44.9 Å². The van der Waals surface area contributed by atoms with Gasteiger partial charge in [0.1, 0.15) is 18.1 Å². The Bertz CT molecular complexity index is 683. The number of nitrogens with zero attached hydrogens (tertiary/aromatic N) is 2. The first-order valence-corrected chi connectivity index (χ1v) is 10.8. The number of amides is 3. The molecule has 3 amide bonds. The highest BCUT2D eigenvalue weighted by molar-refractivity contribution is 5.93. The number of carboxylic acid groups (broad SMARTS) is 1. The first kappa shape index (κ1) is 27.1. The Kier molecular flexibility index (Phi) is 12.0. The summed E-state index contributed by atoms with van der Waals surface area (Å²) in [6.45, 7) is 0.695. The molecule has 11 N–H and O–H groups in total. The number of hydrogen-bond acceptors (Lipinski definition) is 7. The molecule has 1 fully saturated rings. The first-order valence-electron chi connectivity index (χ1n) is 10.8. The van der Waals surface area contributed by atoms with Crippen LogP contribution in [0.2, 0.25) is 0 Å². The fourth-order valence-electron chi connectivity index (χ4n) is 3.54. The molecule has 0 radical (unpaired) electrons. The summed E-state index contributed by atoms with van der Waals surface area (Å²) in [4.78, 5) is 54.5. The second kappa shape index (κ2) is 14.2. The van der Waals surface area contributed by atoms with Gasteiger partial charge in [-0.25, -0.2) is 4.79 Å². The van der Waals surface area contributed by atoms with Crippen molar-refractivity contribution in [2.24, 2.45) is 27.9 Å². The van der Waals surface area contributed by atoms with Crippen molar-refractivity contribution in [3.05, 3.63) is 0 Å². The average molecular weight is 457 g/mol. The zero-order chi connectivity index (χ0) is 24.1. The molecule has 3 atom stereocenters. The molecule has 1 aliphatic heterocycles. The van der Waals surface area contributed by atoms with Crippen molar-refractivity contribution >= 4 is 29.7 Å². The number of hydrogen-bond donors (Lipinski definition) is 7. The van der Waals surface area contributed by atoms with E-state index in [2.05, 4.69) is 15.6 Å². The zero-order valence-electron chi connectivity index (χ0n) is 18.3. The van der Waals surface area contributed by atoms with Crippen LogP contribution in [0.3, 0.4) is 0 Å². The lowest BCUT2D eigenvalue weighted by atomic mass is 10.1. The number of aliphatic carboxylic acids is 1. The van der Waals surface area contributed by atoms with Gasteiger partial charge in [0.15, 0.2) is 5.96 Å². The predicted octanol–water partition coefficient (Wildman–Crippen LogP) is -2.83. The number of carboxylic acids is 1. The lowest BCUT2D eigenvalue weighted by molar-refractivity contribution is -0.149. The standard InChI is InChI=1S/C19H36N8O5/c20-8-2-1-5-12(25-15(28)11-21)16(29)26-13(6-3-9-24-19(22)23)17(30)27-10-4-7-14(27)18(31)32/h12-14H,1-11,20-21H2,(H,25,28)(H,26,29)(H,31,32)(H4,22,23,24). The number of carbonyl (C=O) groups is 4. The summed E-state index contributed by atoms with van der Waals surface area (Å²) in [6.07, 6.45) is 3.07. The minimum atomic E-state index is -1.09. The Labute approximate surface area is 187 Å². The van der Waals surface area contributed by atoms with Crippen molar-refractivity contribution in [1.82, 2.24) is 15.5 Å². The van der Waals surface area contributed by atoms with Crippen LogP contribution in [0, 0.1) is 0 Å². The molecule has 32 heavy (non-hydrogen) atoms. The topological polar surface area (TPSA) is 232 Å². The third-order valence-electron chi connectivity index (χ3n) is 5.16. The second-order valence-electron chi connectivity index (χ2n) is 7.65. The number of rotatable bonds is 14. The lowest BCUT2D eigenvalue weighted by Crippen LogP contribution is -2.56. The Morgan fingerprint density at radius 3 is 2.31 bits per heavy atom. The summed E-state index contributed by atoms with van der Waals surface area (Å²) in [5.74, 6) is -2.71. The van der Waals surface area contributed by atoms with Crippen molar-refractivity contribution in [3.63, 3.8) is 0 Å². The molecule has 0 saturated carbocycles. The van der Waals surface area contributed by atoms with E-state index in [-0.39, 0.29) is 25.5 Å². The maximum atomic E-state index is 13.1. The summed E-state index contributed by atoms with van der Waals surface area (Å²) in [7, 11) is 0. The van der Waals surface area contributed by atoms with E-state index < -0.39 is 41.8 Å². The van der Waals surface area contributed by atoms with E-state index in [1.165, 1.54) is 4.90 Å². The molecule has 0 aliphatic carbocycles. The van der Waals surface area contributed by atoms with E-state index >= 15 is 0 Å². The van der Waals surface area contributed by atoms with Crippen LogP contribution < -0.4 is 33.6 Å². The molecule has 13 heteroatoms. The SMILES string of the molecule is NCCCCC(NC(=O)CN)C(=O)NC(CCCN=C(N)N)C(=O)N1CCCC1C(=O)O. The van der Waals surface area contributed by atoms with Gasteiger partial charge in [-0.3, -0.25) is 19.4 Å². The van der Waals surface area contributed by atoms with Crippen LogP contribution in [0.5, 0.6) is 0 Å². The first-order chi connectivity index (χ1) is 15.2. The van der Waals surface area contributed by atoms with Gasteiger partial charge in [-0.2, -0.15) is 0 Å². The van der Waals surface area contributed by atoms with Crippen molar-refractivity contribution < 1.29 is 24.3 Å². The molecule has 3 unspecified atom stereocenters. The predicted molar refractivity (Wildman–Crippen MR) is 118 cm³/mol. The Morgan fingerprint density at radius 2 is 1.72 bits per heavy atom. The van der Waals surface area contributed by atoms with Gasteiger partial charge in [-0.05, 0) is 51.5 Å². The van der Waals surface area contributed by atoms with Gasteiger partial charge in [-0.1, -0.05) is 0 Å². The van der Waals surface area contributed by atoms with E-state index in [4.69, 9.17) is 22.9 Å². The minimum Gasteiger partial charge on any atom is -0.480 e. The van der Waals surface area contributed by atoms with Crippen molar-refractivity contribution in [2.75, 3.05) is 26.2 Å². The van der Waals surface area contributed by atoms with Gasteiger partial charge in [0, 0.05) is 13.1 Å². The van der Waals surface area contributed by atoms with Gasteiger partial charge in [0.25, 0.3) is 0 Å².